The Morgan fingerprint density at radius 2 is 2.50 bits per heavy atom. The molecule has 0 aromatic heterocycles. The lowest BCUT2D eigenvalue weighted by Gasteiger charge is -2.17. The maximum Gasteiger partial charge on any atom is 0.323 e. The summed E-state index contributed by atoms with van der Waals surface area (Å²) in [7, 11) is 1.94. The molecular formula is C7H13NO2. The molecule has 0 amide bonds. The summed E-state index contributed by atoms with van der Waals surface area (Å²) >= 11 is 0. The Kier molecular flexibility index (Phi) is 2.27. The average molecular weight is 143 g/mol. The Morgan fingerprint density at radius 3 is 2.90 bits per heavy atom. The second-order valence-corrected chi connectivity index (χ2v) is 2.55. The van der Waals surface area contributed by atoms with Crippen molar-refractivity contribution in [1.29, 1.82) is 0 Å². The van der Waals surface area contributed by atoms with Crippen LogP contribution in [-0.2, 0) is 9.53 Å². The zero-order valence-corrected chi connectivity index (χ0v) is 6.46. The molecular weight excluding hydrogens is 130 g/mol. The van der Waals surface area contributed by atoms with Crippen molar-refractivity contribution in [2.75, 3.05) is 20.2 Å². The van der Waals surface area contributed by atoms with Crippen molar-refractivity contribution in [3.8, 4) is 0 Å². The van der Waals surface area contributed by atoms with Crippen LogP contribution in [0.4, 0.5) is 0 Å². The molecule has 1 atom stereocenters. The van der Waals surface area contributed by atoms with E-state index in [9.17, 15) is 4.79 Å². The quantitative estimate of drug-likeness (QED) is 0.519. The molecule has 10 heavy (non-hydrogen) atoms. The van der Waals surface area contributed by atoms with Gasteiger partial charge in [0.1, 0.15) is 6.04 Å². The van der Waals surface area contributed by atoms with E-state index in [1.807, 2.05) is 18.9 Å². The van der Waals surface area contributed by atoms with E-state index >= 15 is 0 Å². The number of carbonyl (C=O) groups excluding carboxylic acids is 1. The molecule has 0 spiro atoms. The normalized spacial score (nSPS) is 25.5. The number of likely N-dealkylation sites (N-methyl/N-ethyl adjacent to an activating group) is 1. The fraction of sp³-hybridized carbons (Fsp3) is 0.857. The van der Waals surface area contributed by atoms with Gasteiger partial charge in [0.25, 0.3) is 0 Å². The van der Waals surface area contributed by atoms with Crippen molar-refractivity contribution in [3.05, 3.63) is 0 Å². The smallest absolute Gasteiger partial charge is 0.323 e. The van der Waals surface area contributed by atoms with E-state index < -0.39 is 0 Å². The van der Waals surface area contributed by atoms with Gasteiger partial charge in [-0.2, -0.15) is 0 Å². The topological polar surface area (TPSA) is 29.5 Å². The Hall–Kier alpha value is -0.570. The number of ether oxygens (including phenoxy) is 1. The van der Waals surface area contributed by atoms with Gasteiger partial charge in [0.15, 0.2) is 0 Å². The maximum absolute atomic E-state index is 10.9. The first kappa shape index (κ1) is 7.54. The summed E-state index contributed by atoms with van der Waals surface area (Å²) in [5.41, 5.74) is 0. The maximum atomic E-state index is 10.9. The van der Waals surface area contributed by atoms with Gasteiger partial charge in [0.2, 0.25) is 0 Å². The number of rotatable bonds is 2. The predicted molar refractivity (Wildman–Crippen MR) is 37.7 cm³/mol. The van der Waals surface area contributed by atoms with Gasteiger partial charge in [0.05, 0.1) is 6.61 Å². The van der Waals surface area contributed by atoms with Crippen LogP contribution in [0.5, 0.6) is 0 Å². The lowest BCUT2D eigenvalue weighted by molar-refractivity contribution is -0.141. The molecule has 0 bridgehead atoms. The minimum absolute atomic E-state index is 0.0185. The van der Waals surface area contributed by atoms with E-state index in [-0.39, 0.29) is 12.0 Å². The van der Waals surface area contributed by atoms with Crippen molar-refractivity contribution in [3.63, 3.8) is 0 Å². The molecule has 0 aromatic rings. The molecule has 1 rings (SSSR count). The van der Waals surface area contributed by atoms with Crippen molar-refractivity contribution in [2.24, 2.45) is 0 Å². The third kappa shape index (κ3) is 1.29. The molecule has 1 aliphatic heterocycles. The SMILES string of the molecule is CCN(C)C1CCOC1=O. The first-order chi connectivity index (χ1) is 4.75. The molecule has 1 saturated heterocycles. The van der Waals surface area contributed by atoms with E-state index in [0.717, 1.165) is 13.0 Å². The minimum atomic E-state index is -0.0654. The van der Waals surface area contributed by atoms with Crippen molar-refractivity contribution < 1.29 is 9.53 Å². The number of nitrogens with zero attached hydrogens (tertiary/aromatic N) is 1. The van der Waals surface area contributed by atoms with Crippen LogP contribution in [-0.4, -0.2) is 37.1 Å². The van der Waals surface area contributed by atoms with Gasteiger partial charge in [-0.25, -0.2) is 0 Å². The van der Waals surface area contributed by atoms with Gasteiger partial charge in [0, 0.05) is 6.42 Å². The molecule has 1 aliphatic rings. The molecule has 0 N–H and O–H groups in total. The number of esters is 1. The van der Waals surface area contributed by atoms with E-state index in [0.29, 0.717) is 6.61 Å². The lowest BCUT2D eigenvalue weighted by Crippen LogP contribution is -2.34. The van der Waals surface area contributed by atoms with Crippen LogP contribution in [0.15, 0.2) is 0 Å². The first-order valence-electron chi connectivity index (χ1n) is 3.62. The Bertz CT molecular complexity index is 136. The molecule has 0 saturated carbocycles. The van der Waals surface area contributed by atoms with E-state index in [4.69, 9.17) is 4.74 Å². The molecule has 3 nitrogen and oxygen atoms in total. The third-order valence-corrected chi connectivity index (χ3v) is 1.94. The Morgan fingerprint density at radius 1 is 1.80 bits per heavy atom. The summed E-state index contributed by atoms with van der Waals surface area (Å²) in [6.45, 7) is 3.53. The van der Waals surface area contributed by atoms with Crippen LogP contribution < -0.4 is 0 Å². The molecule has 1 heterocycles. The highest BCUT2D eigenvalue weighted by Crippen LogP contribution is 2.11. The van der Waals surface area contributed by atoms with Crippen LogP contribution in [0.2, 0.25) is 0 Å². The van der Waals surface area contributed by atoms with E-state index in [2.05, 4.69) is 0 Å². The Balaban J connectivity index is 2.46. The second kappa shape index (κ2) is 3.01. The van der Waals surface area contributed by atoms with Crippen molar-refractivity contribution >= 4 is 5.97 Å². The zero-order chi connectivity index (χ0) is 7.56. The molecule has 1 fully saturated rings. The fourth-order valence-electron chi connectivity index (χ4n) is 1.11. The molecule has 1 unspecified atom stereocenters. The minimum Gasteiger partial charge on any atom is -0.464 e. The van der Waals surface area contributed by atoms with Crippen molar-refractivity contribution in [1.82, 2.24) is 4.90 Å². The highest BCUT2D eigenvalue weighted by atomic mass is 16.5. The number of hydrogen-bond acceptors (Lipinski definition) is 3. The molecule has 0 radical (unpaired) electrons. The largest absolute Gasteiger partial charge is 0.464 e. The van der Waals surface area contributed by atoms with E-state index in [1.54, 1.807) is 0 Å². The van der Waals surface area contributed by atoms with Gasteiger partial charge in [-0.15, -0.1) is 0 Å². The van der Waals surface area contributed by atoms with Crippen molar-refractivity contribution in [2.45, 2.75) is 19.4 Å². The second-order valence-electron chi connectivity index (χ2n) is 2.55. The van der Waals surface area contributed by atoms with Crippen LogP contribution >= 0.6 is 0 Å². The summed E-state index contributed by atoms with van der Waals surface area (Å²) in [5.74, 6) is -0.0654. The third-order valence-electron chi connectivity index (χ3n) is 1.94. The van der Waals surface area contributed by atoms with Crippen LogP contribution in [0.1, 0.15) is 13.3 Å². The van der Waals surface area contributed by atoms with E-state index in [1.165, 1.54) is 0 Å². The molecule has 3 heteroatoms. The van der Waals surface area contributed by atoms with Gasteiger partial charge < -0.3 is 4.74 Å². The van der Waals surface area contributed by atoms with Crippen LogP contribution in [0.25, 0.3) is 0 Å². The monoisotopic (exact) mass is 143 g/mol. The highest BCUT2D eigenvalue weighted by molar-refractivity contribution is 5.77. The summed E-state index contributed by atoms with van der Waals surface area (Å²) in [6, 6.07) is 0.0185. The predicted octanol–water partition coefficient (Wildman–Crippen LogP) is 0.254. The summed E-state index contributed by atoms with van der Waals surface area (Å²) in [6.07, 6.45) is 0.850. The zero-order valence-electron chi connectivity index (χ0n) is 6.46. The molecule has 0 aromatic carbocycles. The molecule has 0 aliphatic carbocycles. The Labute approximate surface area is 61.0 Å². The highest BCUT2D eigenvalue weighted by Gasteiger charge is 2.28. The van der Waals surface area contributed by atoms with Gasteiger partial charge >= 0.3 is 5.97 Å². The standard InChI is InChI=1S/C7H13NO2/c1-3-8(2)6-4-5-10-7(6)9/h6H,3-5H2,1-2H3. The molecule has 58 valence electrons. The number of hydrogen-bond donors (Lipinski definition) is 0. The lowest BCUT2D eigenvalue weighted by atomic mass is 10.2. The summed E-state index contributed by atoms with van der Waals surface area (Å²) in [4.78, 5) is 12.9. The van der Waals surface area contributed by atoms with Crippen LogP contribution in [0.3, 0.4) is 0 Å². The average Bonchev–Trinajstić information content (AvgIpc) is 2.34. The van der Waals surface area contributed by atoms with Gasteiger partial charge in [-0.1, -0.05) is 6.92 Å². The van der Waals surface area contributed by atoms with Gasteiger partial charge in [-0.05, 0) is 13.6 Å². The van der Waals surface area contributed by atoms with Gasteiger partial charge in [-0.3, -0.25) is 9.69 Å². The van der Waals surface area contributed by atoms with Crippen LogP contribution in [0, 0.1) is 0 Å². The number of cyclic esters (lactones) is 1. The summed E-state index contributed by atoms with van der Waals surface area (Å²) < 4.78 is 4.81. The fourth-order valence-corrected chi connectivity index (χ4v) is 1.11. The first-order valence-corrected chi connectivity index (χ1v) is 3.62. The summed E-state index contributed by atoms with van der Waals surface area (Å²) in [5, 5.41) is 0. The number of carbonyl (C=O) groups is 1.